The molecule has 0 amide bonds. The maximum Gasteiger partial charge on any atom is 0.198 e. The predicted octanol–water partition coefficient (Wildman–Crippen LogP) is 0.913. The van der Waals surface area contributed by atoms with Crippen LogP contribution in [0, 0.1) is 0 Å². The number of aliphatic hydroxyl groups is 2. The molecule has 1 saturated heterocycles. The van der Waals surface area contributed by atoms with E-state index in [-0.39, 0.29) is 35.1 Å². The molecule has 2 unspecified atom stereocenters. The fourth-order valence-corrected chi connectivity index (χ4v) is 6.53. The second-order valence-corrected chi connectivity index (χ2v) is 11.7. The maximum atomic E-state index is 13.4. The highest BCUT2D eigenvalue weighted by molar-refractivity contribution is 6.30. The van der Waals surface area contributed by atoms with Gasteiger partial charge in [0.15, 0.2) is 47.4 Å². The summed E-state index contributed by atoms with van der Waals surface area (Å²) in [6.07, 6.45) is -5.07. The van der Waals surface area contributed by atoms with Crippen LogP contribution in [0.25, 0.3) is 0 Å². The lowest BCUT2D eigenvalue weighted by Gasteiger charge is -2.49. The van der Waals surface area contributed by atoms with Crippen molar-refractivity contribution >= 4 is 28.9 Å². The van der Waals surface area contributed by atoms with Gasteiger partial charge in [-0.1, -0.05) is 24.3 Å². The van der Waals surface area contributed by atoms with Gasteiger partial charge in [0.25, 0.3) is 0 Å². The third kappa shape index (κ3) is 4.42. The van der Waals surface area contributed by atoms with Crippen LogP contribution in [-0.2, 0) is 35.0 Å². The van der Waals surface area contributed by atoms with Gasteiger partial charge in [-0.25, -0.2) is 0 Å². The topological polar surface area (TPSA) is 220 Å². The standard InChI is InChI=1S/C31H33NO12/c1-13(33)29(32)9-19-22(28(39)24-23(27(19)38)25(36)17-7-5-6-8-18(17)26(24)37)20(10-29)42-12-43-21-11-30(40,14(2)34)31(41,15(3)35)16(4)44-21/h5-8,16,20-21,38-41H,9-12,32H2,1-4H3/t16-,20?,21-,29?,30+,31+/m1/s1. The molecule has 3 aliphatic rings. The minimum absolute atomic E-state index is 0.0419. The fourth-order valence-electron chi connectivity index (χ4n) is 6.53. The zero-order chi connectivity index (χ0) is 32.5. The van der Waals surface area contributed by atoms with E-state index in [2.05, 4.69) is 0 Å². The lowest BCUT2D eigenvalue weighted by molar-refractivity contribution is -0.311. The first-order chi connectivity index (χ1) is 20.5. The third-order valence-corrected chi connectivity index (χ3v) is 9.20. The van der Waals surface area contributed by atoms with E-state index >= 15 is 0 Å². The SMILES string of the molecule is CC(=O)C1(N)Cc2c(O)c3c(c(O)c2C(OCO[C@H]2C[C@](O)(C(C)=O)[C@](O)(C(C)=O)[C@@H](C)O2)C1)C(=O)c1ccccc1C3=O. The molecule has 13 nitrogen and oxygen atoms in total. The Morgan fingerprint density at radius 3 is 2.00 bits per heavy atom. The number of aromatic hydroxyl groups is 2. The Morgan fingerprint density at radius 1 is 0.909 bits per heavy atom. The summed E-state index contributed by atoms with van der Waals surface area (Å²) in [6.45, 7) is 3.93. The van der Waals surface area contributed by atoms with Crippen molar-refractivity contribution in [3.8, 4) is 11.5 Å². The molecule has 6 atom stereocenters. The average molecular weight is 612 g/mol. The van der Waals surface area contributed by atoms with Crippen LogP contribution >= 0.6 is 0 Å². The van der Waals surface area contributed by atoms with Crippen molar-refractivity contribution in [2.24, 2.45) is 5.73 Å². The van der Waals surface area contributed by atoms with Crippen LogP contribution in [0.3, 0.4) is 0 Å². The highest BCUT2D eigenvalue weighted by Crippen LogP contribution is 2.51. The number of carbonyl (C=O) groups is 5. The number of hydrogen-bond donors (Lipinski definition) is 5. The largest absolute Gasteiger partial charge is 0.507 e. The minimum Gasteiger partial charge on any atom is -0.507 e. The van der Waals surface area contributed by atoms with E-state index < -0.39 is 100.0 Å². The summed E-state index contributed by atoms with van der Waals surface area (Å²) in [6, 6.07) is 5.97. The molecule has 0 spiro atoms. The molecule has 5 rings (SSSR count). The summed E-state index contributed by atoms with van der Waals surface area (Å²) in [5.41, 5.74) is -1.07. The summed E-state index contributed by atoms with van der Waals surface area (Å²) in [5, 5.41) is 44.8. The molecule has 0 radical (unpaired) electrons. The number of benzene rings is 2. The summed E-state index contributed by atoms with van der Waals surface area (Å²) in [4.78, 5) is 64.1. The smallest absolute Gasteiger partial charge is 0.198 e. The molecule has 44 heavy (non-hydrogen) atoms. The second kappa shape index (κ2) is 10.6. The molecule has 2 aliphatic carbocycles. The molecule has 2 aromatic rings. The van der Waals surface area contributed by atoms with Gasteiger partial charge in [-0.2, -0.15) is 0 Å². The molecule has 0 saturated carbocycles. The Labute approximate surface area is 251 Å². The molecule has 1 heterocycles. The van der Waals surface area contributed by atoms with Gasteiger partial charge in [-0.15, -0.1) is 0 Å². The first-order valence-corrected chi connectivity index (χ1v) is 13.9. The van der Waals surface area contributed by atoms with E-state index in [1.165, 1.54) is 26.0 Å². The Balaban J connectivity index is 1.49. The van der Waals surface area contributed by atoms with Crippen LogP contribution in [0.1, 0.15) is 89.6 Å². The normalized spacial score (nSPS) is 31.1. The Hall–Kier alpha value is -3.85. The van der Waals surface area contributed by atoms with Gasteiger partial charge in [-0.3, -0.25) is 24.0 Å². The number of fused-ring (bicyclic) bond motifs is 3. The van der Waals surface area contributed by atoms with Gasteiger partial charge in [0, 0.05) is 41.5 Å². The highest BCUT2D eigenvalue weighted by Gasteiger charge is 2.64. The quantitative estimate of drug-likeness (QED) is 0.185. The number of carbonyl (C=O) groups excluding carboxylic acids is 5. The monoisotopic (exact) mass is 611 g/mol. The molecule has 234 valence electrons. The van der Waals surface area contributed by atoms with Crippen molar-refractivity contribution in [2.75, 3.05) is 6.79 Å². The Kier molecular flexibility index (Phi) is 7.64. The Bertz CT molecular complexity index is 1630. The molecule has 13 heteroatoms. The van der Waals surface area contributed by atoms with Crippen molar-refractivity contribution in [3.63, 3.8) is 0 Å². The lowest BCUT2D eigenvalue weighted by atomic mass is 9.70. The number of Topliss-reactive ketones (excluding diaryl/α,β-unsaturated/α-hetero) is 3. The molecular formula is C31H33NO12. The average Bonchev–Trinajstić information content (AvgIpc) is 2.95. The Morgan fingerprint density at radius 2 is 1.48 bits per heavy atom. The summed E-state index contributed by atoms with van der Waals surface area (Å²) >= 11 is 0. The van der Waals surface area contributed by atoms with Gasteiger partial charge in [0.05, 0.1) is 28.9 Å². The third-order valence-electron chi connectivity index (χ3n) is 9.20. The molecule has 2 aromatic carbocycles. The number of rotatable bonds is 7. The first kappa shape index (κ1) is 31.6. The van der Waals surface area contributed by atoms with E-state index in [4.69, 9.17) is 19.9 Å². The van der Waals surface area contributed by atoms with E-state index in [0.29, 0.717) is 0 Å². The van der Waals surface area contributed by atoms with Crippen molar-refractivity contribution in [1.82, 2.24) is 0 Å². The zero-order valence-corrected chi connectivity index (χ0v) is 24.5. The van der Waals surface area contributed by atoms with Crippen molar-refractivity contribution in [1.29, 1.82) is 0 Å². The summed E-state index contributed by atoms with van der Waals surface area (Å²) in [5.74, 6) is -4.84. The number of ketones is 5. The molecule has 1 aliphatic heterocycles. The number of phenolic OH excluding ortho intramolecular Hbond substituents is 2. The van der Waals surface area contributed by atoms with Gasteiger partial charge in [0.1, 0.15) is 17.3 Å². The predicted molar refractivity (Wildman–Crippen MR) is 149 cm³/mol. The van der Waals surface area contributed by atoms with Crippen LogP contribution in [0.15, 0.2) is 24.3 Å². The van der Waals surface area contributed by atoms with Gasteiger partial charge in [-0.05, 0) is 27.7 Å². The molecule has 6 N–H and O–H groups in total. The number of ether oxygens (including phenoxy) is 3. The highest BCUT2D eigenvalue weighted by atomic mass is 16.8. The number of phenols is 2. The van der Waals surface area contributed by atoms with Crippen LogP contribution in [0.5, 0.6) is 11.5 Å². The first-order valence-electron chi connectivity index (χ1n) is 13.9. The van der Waals surface area contributed by atoms with E-state index in [1.807, 2.05) is 0 Å². The van der Waals surface area contributed by atoms with E-state index in [0.717, 1.165) is 13.8 Å². The van der Waals surface area contributed by atoms with Gasteiger partial charge < -0.3 is 40.4 Å². The van der Waals surface area contributed by atoms with Crippen LogP contribution in [0.4, 0.5) is 0 Å². The molecule has 0 aromatic heterocycles. The van der Waals surface area contributed by atoms with Crippen molar-refractivity contribution in [2.45, 2.75) is 82.2 Å². The van der Waals surface area contributed by atoms with Crippen LogP contribution in [-0.4, -0.2) is 85.3 Å². The minimum atomic E-state index is -2.54. The second-order valence-electron chi connectivity index (χ2n) is 11.7. The van der Waals surface area contributed by atoms with Gasteiger partial charge in [0.2, 0.25) is 0 Å². The van der Waals surface area contributed by atoms with E-state index in [9.17, 15) is 44.4 Å². The number of nitrogens with two attached hydrogens (primary N) is 1. The molecular weight excluding hydrogens is 578 g/mol. The molecule has 0 bridgehead atoms. The van der Waals surface area contributed by atoms with Crippen molar-refractivity contribution in [3.05, 3.63) is 57.6 Å². The maximum absolute atomic E-state index is 13.4. The van der Waals surface area contributed by atoms with Crippen LogP contribution in [0.2, 0.25) is 0 Å². The summed E-state index contributed by atoms with van der Waals surface area (Å²) < 4.78 is 17.1. The van der Waals surface area contributed by atoms with E-state index in [1.54, 1.807) is 12.1 Å². The van der Waals surface area contributed by atoms with Crippen LogP contribution < -0.4 is 5.73 Å². The summed E-state index contributed by atoms with van der Waals surface area (Å²) in [7, 11) is 0. The molecule has 1 fully saturated rings. The zero-order valence-electron chi connectivity index (χ0n) is 24.5. The van der Waals surface area contributed by atoms with Crippen molar-refractivity contribution < 1.29 is 58.6 Å². The fraction of sp³-hybridized carbons (Fsp3) is 0.452. The number of hydrogen-bond acceptors (Lipinski definition) is 13. The lowest BCUT2D eigenvalue weighted by Crippen LogP contribution is -2.72. The van der Waals surface area contributed by atoms with Gasteiger partial charge >= 0.3 is 0 Å².